The highest BCUT2D eigenvalue weighted by molar-refractivity contribution is 7.13. The monoisotopic (exact) mass is 903 g/mol. The van der Waals surface area contributed by atoms with Gasteiger partial charge in [0, 0.05) is 36.5 Å². The zero-order valence-corrected chi connectivity index (χ0v) is 38.8. The largest absolute Gasteiger partial charge is 0.481 e. The van der Waals surface area contributed by atoms with Crippen LogP contribution in [0.1, 0.15) is 68.5 Å². The predicted molar refractivity (Wildman–Crippen MR) is 241 cm³/mol. The Bertz CT molecular complexity index is 1330. The van der Waals surface area contributed by atoms with Gasteiger partial charge in [-0.25, -0.2) is 4.99 Å². The molecular weight excluding hydrogens is 825 g/mol. The first kappa shape index (κ1) is 55.5. The van der Waals surface area contributed by atoms with Crippen molar-refractivity contribution < 1.29 is 62.1 Å². The van der Waals surface area contributed by atoms with Crippen LogP contribution in [0, 0.1) is 0 Å². The van der Waals surface area contributed by atoms with Gasteiger partial charge in [-0.15, -0.1) is 11.3 Å². The maximum Gasteiger partial charge on any atom is 0.305 e. The molecule has 0 saturated carbocycles. The summed E-state index contributed by atoms with van der Waals surface area (Å²) >= 11 is 1.73. The Morgan fingerprint density at radius 1 is 0.629 bits per heavy atom. The molecule has 0 aromatic carbocycles. The summed E-state index contributed by atoms with van der Waals surface area (Å²) in [6, 6.07) is 2.14. The zero-order valence-electron chi connectivity index (χ0n) is 38.0. The number of thiophene rings is 1. The second kappa shape index (κ2) is 38.8. The van der Waals surface area contributed by atoms with E-state index in [1.807, 2.05) is 11.0 Å². The fraction of sp³-hybridized carbons (Fsp3) is 0.795. The van der Waals surface area contributed by atoms with Crippen LogP contribution in [0.25, 0.3) is 6.08 Å². The third kappa shape index (κ3) is 29.7. The topological polar surface area (TPSA) is 192 Å². The molecule has 1 aromatic rings. The van der Waals surface area contributed by atoms with Crippen LogP contribution in [0.3, 0.4) is 0 Å². The fourth-order valence-corrected chi connectivity index (χ4v) is 7.09. The maximum atomic E-state index is 13.3. The SMILES string of the molecule is CCCN(CCC)C(=O)C1=Cc2sc(CCCCCN(C)CCOCCOCCOCCOCCOCCOCCOCCOCCOCCOCCC(=O)O)cc2N=C(N)C1. The smallest absolute Gasteiger partial charge is 0.305 e. The Balaban J connectivity index is 1.29. The van der Waals surface area contributed by atoms with Crippen molar-refractivity contribution in [2.45, 2.75) is 65.2 Å². The van der Waals surface area contributed by atoms with E-state index in [0.29, 0.717) is 138 Å². The number of carbonyl (C=O) groups is 2. The molecule has 1 aliphatic heterocycles. The van der Waals surface area contributed by atoms with Gasteiger partial charge < -0.3 is 68.0 Å². The Hall–Kier alpha value is -2.59. The minimum Gasteiger partial charge on any atom is -0.481 e. The molecule has 2 heterocycles. The summed E-state index contributed by atoms with van der Waals surface area (Å²) in [4.78, 5) is 34.9. The zero-order chi connectivity index (χ0) is 44.7. The normalized spacial score (nSPS) is 12.7. The van der Waals surface area contributed by atoms with Gasteiger partial charge in [-0.05, 0) is 57.8 Å². The minimum absolute atomic E-state index is 0.00498. The number of amidine groups is 1. The van der Waals surface area contributed by atoms with E-state index >= 15 is 0 Å². The number of fused-ring (bicyclic) bond motifs is 1. The van der Waals surface area contributed by atoms with Crippen molar-refractivity contribution in [1.82, 2.24) is 9.80 Å². The van der Waals surface area contributed by atoms with Crippen molar-refractivity contribution in [2.24, 2.45) is 10.7 Å². The van der Waals surface area contributed by atoms with E-state index in [2.05, 4.69) is 36.9 Å². The van der Waals surface area contributed by atoms with Crippen molar-refractivity contribution >= 4 is 40.8 Å². The minimum atomic E-state index is -0.875. The number of hydrogen-bond donors (Lipinski definition) is 2. The maximum absolute atomic E-state index is 13.3. The summed E-state index contributed by atoms with van der Waals surface area (Å²) < 4.78 is 54.8. The predicted octanol–water partition coefficient (Wildman–Crippen LogP) is 4.46. The highest BCUT2D eigenvalue weighted by atomic mass is 32.1. The summed E-state index contributed by atoms with van der Waals surface area (Å²) in [6.07, 6.45) is 8.66. The molecule has 1 aromatic heterocycles. The van der Waals surface area contributed by atoms with Gasteiger partial charge in [0.2, 0.25) is 5.91 Å². The van der Waals surface area contributed by atoms with Gasteiger partial charge in [0.15, 0.2) is 0 Å². The number of aryl methyl sites for hydroxylation is 1. The quantitative estimate of drug-likeness (QED) is 0.0873. The Morgan fingerprint density at radius 3 is 1.50 bits per heavy atom. The first-order valence-corrected chi connectivity index (χ1v) is 23.3. The van der Waals surface area contributed by atoms with Crippen molar-refractivity contribution in [3.8, 4) is 0 Å². The van der Waals surface area contributed by atoms with E-state index in [1.54, 1.807) is 11.3 Å². The Kier molecular flexibility index (Phi) is 34.8. The van der Waals surface area contributed by atoms with E-state index in [-0.39, 0.29) is 18.9 Å². The van der Waals surface area contributed by atoms with E-state index in [4.69, 9.17) is 58.2 Å². The molecule has 358 valence electrons. The van der Waals surface area contributed by atoms with Crippen molar-refractivity contribution in [3.05, 3.63) is 21.4 Å². The van der Waals surface area contributed by atoms with Crippen LogP contribution < -0.4 is 5.73 Å². The number of carboxylic acid groups (broad SMARTS) is 1. The molecule has 2 rings (SSSR count). The summed E-state index contributed by atoms with van der Waals surface area (Å²) in [5.74, 6) is -0.297. The summed E-state index contributed by atoms with van der Waals surface area (Å²) in [7, 11) is 2.13. The molecule has 17 nitrogen and oxygen atoms in total. The molecule has 0 atom stereocenters. The van der Waals surface area contributed by atoms with Gasteiger partial charge in [0.1, 0.15) is 5.84 Å². The number of carbonyl (C=O) groups excluding carboxylic acids is 1. The van der Waals surface area contributed by atoms with Gasteiger partial charge in [-0.3, -0.25) is 9.59 Å². The molecule has 0 aliphatic carbocycles. The average molecular weight is 903 g/mol. The number of aliphatic carboxylic acids is 1. The number of likely N-dealkylation sites (N-methyl/N-ethyl adjacent to an activating group) is 1. The molecule has 62 heavy (non-hydrogen) atoms. The molecule has 18 heteroatoms. The molecule has 0 saturated heterocycles. The van der Waals surface area contributed by atoms with Crippen LogP contribution in [0.5, 0.6) is 0 Å². The molecule has 1 amide bonds. The second-order valence-electron chi connectivity index (χ2n) is 14.6. The van der Waals surface area contributed by atoms with E-state index < -0.39 is 5.97 Å². The number of hydrogen-bond acceptors (Lipinski definition) is 16. The van der Waals surface area contributed by atoms with Crippen LogP contribution in [-0.2, 0) is 63.4 Å². The van der Waals surface area contributed by atoms with Gasteiger partial charge in [-0.1, -0.05) is 20.3 Å². The first-order valence-electron chi connectivity index (χ1n) is 22.5. The van der Waals surface area contributed by atoms with Crippen LogP contribution in [0.4, 0.5) is 5.69 Å². The summed E-state index contributed by atoms with van der Waals surface area (Å²) in [5, 5.41) is 8.52. The lowest BCUT2D eigenvalue weighted by molar-refractivity contribution is -0.138. The standard InChI is InChI=1S/C44H78N4O13S/c1-4-11-48(12-5-2)44(51)38-35-41-40(46-42(45)36-38)37-39(62-41)9-7-6-8-13-47(3)14-16-53-18-20-55-22-24-57-26-28-59-30-32-61-34-33-60-31-29-58-27-25-56-23-21-54-19-17-52-15-10-43(49)50/h35,37H,4-34,36H2,1-3H3,(H2,45,46)(H,49,50). The van der Waals surface area contributed by atoms with Gasteiger partial charge in [-0.2, -0.15) is 0 Å². The molecule has 0 unspecified atom stereocenters. The van der Waals surface area contributed by atoms with Crippen LogP contribution in [-0.4, -0.2) is 198 Å². The number of ether oxygens (including phenoxy) is 10. The van der Waals surface area contributed by atoms with Gasteiger partial charge in [0.05, 0.1) is 149 Å². The van der Waals surface area contributed by atoms with Gasteiger partial charge >= 0.3 is 5.97 Å². The lowest BCUT2D eigenvalue weighted by atomic mass is 10.1. The highest BCUT2D eigenvalue weighted by Crippen LogP contribution is 2.35. The van der Waals surface area contributed by atoms with E-state index in [9.17, 15) is 9.59 Å². The third-order valence-corrected chi connectivity index (χ3v) is 10.3. The molecule has 0 bridgehead atoms. The average Bonchev–Trinajstić information content (AvgIpc) is 3.55. The van der Waals surface area contributed by atoms with Crippen LogP contribution in [0.15, 0.2) is 16.6 Å². The number of nitrogens with zero attached hydrogens (tertiary/aromatic N) is 3. The Morgan fingerprint density at radius 2 is 1.06 bits per heavy atom. The molecule has 3 N–H and O–H groups in total. The van der Waals surface area contributed by atoms with Crippen molar-refractivity contribution in [2.75, 3.05) is 165 Å². The Labute approximate surface area is 374 Å². The van der Waals surface area contributed by atoms with Crippen molar-refractivity contribution in [1.29, 1.82) is 0 Å². The molecule has 0 radical (unpaired) electrons. The number of unbranched alkanes of at least 4 members (excludes halogenated alkanes) is 2. The lowest BCUT2D eigenvalue weighted by Gasteiger charge is -2.22. The molecule has 1 aliphatic rings. The molecule has 0 spiro atoms. The molecule has 0 fully saturated rings. The van der Waals surface area contributed by atoms with Crippen LogP contribution in [0.2, 0.25) is 0 Å². The van der Waals surface area contributed by atoms with Crippen molar-refractivity contribution in [3.63, 3.8) is 0 Å². The number of rotatable bonds is 44. The summed E-state index contributed by atoms with van der Waals surface area (Å²) in [5.41, 5.74) is 7.86. The molecular formula is C44H78N4O13S. The van der Waals surface area contributed by atoms with Crippen LogP contribution >= 0.6 is 11.3 Å². The number of nitrogens with two attached hydrogens (primary N) is 1. The highest BCUT2D eigenvalue weighted by Gasteiger charge is 2.22. The van der Waals surface area contributed by atoms with E-state index in [0.717, 1.165) is 80.8 Å². The van der Waals surface area contributed by atoms with Gasteiger partial charge in [0.25, 0.3) is 0 Å². The third-order valence-electron chi connectivity index (χ3n) is 9.17. The summed E-state index contributed by atoms with van der Waals surface area (Å²) in [6.45, 7) is 17.1. The van der Waals surface area contributed by atoms with E-state index in [1.165, 1.54) is 4.88 Å². The number of amides is 1. The second-order valence-corrected chi connectivity index (χ2v) is 15.8. The lowest BCUT2D eigenvalue weighted by Crippen LogP contribution is -2.34. The number of carboxylic acids is 1. The number of aliphatic imine (C=N–C) groups is 1. The fourth-order valence-electron chi connectivity index (χ4n) is 5.99. The first-order chi connectivity index (χ1) is 30.3.